The molecule has 0 unspecified atom stereocenters. The number of halogens is 3. The number of phenolic OH excluding ortho intramolecular Hbond substituents is 1. The monoisotopic (exact) mass is 284 g/mol. The third kappa shape index (κ3) is 2.50. The zero-order valence-electron chi connectivity index (χ0n) is 7.21. The molecule has 14 heavy (non-hydrogen) atoms. The van der Waals surface area contributed by atoms with Gasteiger partial charge in [-0.05, 0) is 12.1 Å². The minimum Gasteiger partial charge on any atom is -0.505 e. The van der Waals surface area contributed by atoms with Crippen LogP contribution in [-0.2, 0) is 0 Å². The summed E-state index contributed by atoms with van der Waals surface area (Å²) in [6, 6.07) is 2.30. The van der Waals surface area contributed by atoms with Crippen molar-refractivity contribution in [1.29, 1.82) is 0 Å². The van der Waals surface area contributed by atoms with Gasteiger partial charge >= 0.3 is 0 Å². The summed E-state index contributed by atoms with van der Waals surface area (Å²) in [6.45, 7) is -0.740. The molecule has 0 spiro atoms. The normalized spacial score (nSPS) is 11.9. The minimum atomic E-state index is -0.849. The van der Waals surface area contributed by atoms with Crippen molar-refractivity contribution in [3.05, 3.63) is 22.2 Å². The van der Waals surface area contributed by atoms with E-state index in [1.165, 1.54) is 6.07 Å². The van der Waals surface area contributed by atoms with Gasteiger partial charge in [0.25, 0.3) is 0 Å². The van der Waals surface area contributed by atoms with Crippen LogP contribution >= 0.6 is 28.3 Å². The van der Waals surface area contributed by atoms with Crippen LogP contribution in [0, 0.1) is 0 Å². The standard InChI is InChI=1S/C8H10BrFN2O.ClH/c9-4-1-2-5(11)8(13)7(4)6(12)3-10;/h1-2,6,13H,3,11-12H2;1H/t6-;/m1./s1. The van der Waals surface area contributed by atoms with Crippen LogP contribution in [0.25, 0.3) is 0 Å². The molecule has 0 heterocycles. The molecule has 0 aliphatic carbocycles. The number of aromatic hydroxyl groups is 1. The molecule has 0 aliphatic rings. The molecule has 0 fully saturated rings. The fourth-order valence-electron chi connectivity index (χ4n) is 1.03. The number of anilines is 1. The highest BCUT2D eigenvalue weighted by Crippen LogP contribution is 2.35. The van der Waals surface area contributed by atoms with E-state index in [-0.39, 0.29) is 23.8 Å². The Bertz CT molecular complexity index is 324. The van der Waals surface area contributed by atoms with E-state index in [1.807, 2.05) is 0 Å². The Morgan fingerprint density at radius 1 is 1.50 bits per heavy atom. The number of hydrogen-bond acceptors (Lipinski definition) is 3. The number of nitrogens with two attached hydrogens (primary N) is 2. The second-order valence-electron chi connectivity index (χ2n) is 2.66. The van der Waals surface area contributed by atoms with Gasteiger partial charge in [0, 0.05) is 10.0 Å². The molecule has 80 valence electrons. The van der Waals surface area contributed by atoms with E-state index in [1.54, 1.807) is 6.07 Å². The Hall–Kier alpha value is -0.520. The maximum atomic E-state index is 12.3. The first-order valence-electron chi connectivity index (χ1n) is 3.66. The molecule has 5 N–H and O–H groups in total. The largest absolute Gasteiger partial charge is 0.505 e. The Balaban J connectivity index is 0.00000169. The van der Waals surface area contributed by atoms with E-state index in [0.29, 0.717) is 10.0 Å². The first kappa shape index (κ1) is 13.5. The lowest BCUT2D eigenvalue weighted by molar-refractivity contribution is 0.414. The van der Waals surface area contributed by atoms with E-state index in [0.717, 1.165) is 0 Å². The fourth-order valence-corrected chi connectivity index (χ4v) is 1.64. The molecule has 0 aromatic heterocycles. The molecular weight excluding hydrogens is 274 g/mol. The van der Waals surface area contributed by atoms with E-state index >= 15 is 0 Å². The van der Waals surface area contributed by atoms with Gasteiger partial charge in [0.1, 0.15) is 12.4 Å². The van der Waals surface area contributed by atoms with Crippen molar-refractivity contribution in [2.75, 3.05) is 12.4 Å². The van der Waals surface area contributed by atoms with Crippen LogP contribution in [0.5, 0.6) is 5.75 Å². The van der Waals surface area contributed by atoms with Crippen LogP contribution in [0.1, 0.15) is 11.6 Å². The number of phenols is 1. The smallest absolute Gasteiger partial charge is 0.144 e. The molecule has 0 saturated carbocycles. The van der Waals surface area contributed by atoms with Gasteiger partial charge in [-0.2, -0.15) is 0 Å². The summed E-state index contributed by atoms with van der Waals surface area (Å²) in [7, 11) is 0. The highest BCUT2D eigenvalue weighted by Gasteiger charge is 2.16. The predicted octanol–water partition coefficient (Wildman–Crippen LogP) is 2.13. The quantitative estimate of drug-likeness (QED) is 0.576. The SMILES string of the molecule is Cl.Nc1ccc(Br)c([C@H](N)CF)c1O. The van der Waals surface area contributed by atoms with Crippen molar-refractivity contribution in [2.45, 2.75) is 6.04 Å². The Morgan fingerprint density at radius 3 is 2.57 bits per heavy atom. The highest BCUT2D eigenvalue weighted by molar-refractivity contribution is 9.10. The van der Waals surface area contributed by atoms with Crippen molar-refractivity contribution < 1.29 is 9.50 Å². The molecule has 0 bridgehead atoms. The van der Waals surface area contributed by atoms with E-state index in [4.69, 9.17) is 11.5 Å². The van der Waals surface area contributed by atoms with Crippen LogP contribution in [0.15, 0.2) is 16.6 Å². The molecule has 1 aromatic rings. The number of benzene rings is 1. The van der Waals surface area contributed by atoms with Crippen molar-refractivity contribution in [3.63, 3.8) is 0 Å². The number of nitrogen functional groups attached to an aromatic ring is 1. The van der Waals surface area contributed by atoms with Crippen molar-refractivity contribution in [3.8, 4) is 5.75 Å². The zero-order valence-corrected chi connectivity index (χ0v) is 9.61. The van der Waals surface area contributed by atoms with E-state index in [2.05, 4.69) is 15.9 Å². The van der Waals surface area contributed by atoms with Gasteiger partial charge in [0.05, 0.1) is 11.7 Å². The van der Waals surface area contributed by atoms with Crippen molar-refractivity contribution >= 4 is 34.0 Å². The van der Waals surface area contributed by atoms with Gasteiger partial charge in [-0.25, -0.2) is 4.39 Å². The van der Waals surface area contributed by atoms with Gasteiger partial charge in [-0.15, -0.1) is 12.4 Å². The topological polar surface area (TPSA) is 72.3 Å². The summed E-state index contributed by atoms with van der Waals surface area (Å²) in [5, 5.41) is 9.48. The average molecular weight is 286 g/mol. The van der Waals surface area contributed by atoms with Gasteiger partial charge in [-0.3, -0.25) is 0 Å². The molecule has 1 aromatic carbocycles. The lowest BCUT2D eigenvalue weighted by Crippen LogP contribution is -2.13. The summed E-state index contributed by atoms with van der Waals surface area (Å²) >= 11 is 3.16. The second-order valence-corrected chi connectivity index (χ2v) is 3.51. The van der Waals surface area contributed by atoms with Crippen molar-refractivity contribution in [1.82, 2.24) is 0 Å². The predicted molar refractivity (Wildman–Crippen MR) is 60.4 cm³/mol. The van der Waals surface area contributed by atoms with Gasteiger partial charge in [0.15, 0.2) is 0 Å². The summed E-state index contributed by atoms with van der Waals surface area (Å²) in [4.78, 5) is 0. The van der Waals surface area contributed by atoms with Crippen LogP contribution in [-0.4, -0.2) is 11.8 Å². The van der Waals surface area contributed by atoms with Crippen LogP contribution in [0.2, 0.25) is 0 Å². The number of hydrogen-bond donors (Lipinski definition) is 3. The summed E-state index contributed by atoms with van der Waals surface area (Å²) < 4.78 is 12.8. The van der Waals surface area contributed by atoms with Gasteiger partial charge in [-0.1, -0.05) is 15.9 Å². The molecule has 0 saturated heterocycles. The average Bonchev–Trinajstić information content (AvgIpc) is 2.12. The number of alkyl halides is 1. The van der Waals surface area contributed by atoms with Gasteiger partial charge < -0.3 is 16.6 Å². The lowest BCUT2D eigenvalue weighted by Gasteiger charge is -2.13. The number of rotatable bonds is 2. The summed E-state index contributed by atoms with van der Waals surface area (Å²) in [5.41, 5.74) is 11.4. The maximum absolute atomic E-state index is 12.3. The molecule has 1 rings (SSSR count). The van der Waals surface area contributed by atoms with Gasteiger partial charge in [0.2, 0.25) is 0 Å². The summed E-state index contributed by atoms with van der Waals surface area (Å²) in [5.74, 6) is -0.153. The van der Waals surface area contributed by atoms with E-state index < -0.39 is 12.7 Å². The first-order chi connectivity index (χ1) is 6.07. The van der Waals surface area contributed by atoms with Crippen LogP contribution < -0.4 is 11.5 Å². The fraction of sp³-hybridized carbons (Fsp3) is 0.250. The molecule has 3 nitrogen and oxygen atoms in total. The molecular formula is C8H11BrClFN2O. The molecule has 0 aliphatic heterocycles. The maximum Gasteiger partial charge on any atom is 0.144 e. The van der Waals surface area contributed by atoms with E-state index in [9.17, 15) is 9.50 Å². The minimum absolute atomic E-state index is 0. The van der Waals surface area contributed by atoms with Crippen molar-refractivity contribution in [2.24, 2.45) is 5.73 Å². The summed E-state index contributed by atoms with van der Waals surface area (Å²) in [6.07, 6.45) is 0. The second kappa shape index (κ2) is 5.38. The third-order valence-electron chi connectivity index (χ3n) is 1.73. The zero-order chi connectivity index (χ0) is 10.0. The first-order valence-corrected chi connectivity index (χ1v) is 4.45. The molecule has 0 radical (unpaired) electrons. The molecule has 6 heteroatoms. The third-order valence-corrected chi connectivity index (χ3v) is 2.42. The molecule has 1 atom stereocenters. The van der Waals surface area contributed by atoms with Crippen LogP contribution in [0.4, 0.5) is 10.1 Å². The Kier molecular flexibility index (Phi) is 5.18. The molecule has 0 amide bonds. The highest BCUT2D eigenvalue weighted by atomic mass is 79.9. The Labute approximate surface area is 95.8 Å². The lowest BCUT2D eigenvalue weighted by atomic mass is 10.1. The Morgan fingerprint density at radius 2 is 2.07 bits per heavy atom. The van der Waals surface area contributed by atoms with Crippen LogP contribution in [0.3, 0.4) is 0 Å².